The molecular formula is C15H11NO3S. The van der Waals surface area contributed by atoms with Crippen molar-refractivity contribution in [3.05, 3.63) is 60.3 Å². The Morgan fingerprint density at radius 3 is 2.55 bits per heavy atom. The van der Waals surface area contributed by atoms with Crippen LogP contribution in [0.2, 0.25) is 0 Å². The summed E-state index contributed by atoms with van der Waals surface area (Å²) in [6.07, 6.45) is 0. The van der Waals surface area contributed by atoms with Crippen LogP contribution in [0.1, 0.15) is 10.5 Å². The van der Waals surface area contributed by atoms with Crippen LogP contribution in [0.3, 0.4) is 0 Å². The van der Waals surface area contributed by atoms with Crippen LogP contribution < -0.4 is 0 Å². The molecule has 4 nitrogen and oxygen atoms in total. The van der Waals surface area contributed by atoms with Gasteiger partial charge >= 0.3 is 5.97 Å². The van der Waals surface area contributed by atoms with Crippen molar-refractivity contribution in [1.82, 2.24) is 4.98 Å². The fourth-order valence-electron chi connectivity index (χ4n) is 2.08. The fourth-order valence-corrected chi connectivity index (χ4v) is 3.30. The molecule has 0 saturated carbocycles. The molecule has 20 heavy (non-hydrogen) atoms. The van der Waals surface area contributed by atoms with E-state index in [9.17, 15) is 9.35 Å². The molecular weight excluding hydrogens is 274 g/mol. The number of carboxylic acids is 1. The maximum atomic E-state index is 12.6. The fraction of sp³-hybridized carbons (Fsp3) is 0. The molecule has 2 aromatic carbocycles. The first-order valence-electron chi connectivity index (χ1n) is 5.98. The summed E-state index contributed by atoms with van der Waals surface area (Å²) in [5, 5.41) is 9.70. The van der Waals surface area contributed by atoms with Gasteiger partial charge in [-0.15, -0.1) is 0 Å². The molecule has 2 N–H and O–H groups in total. The molecule has 0 aliphatic rings. The summed E-state index contributed by atoms with van der Waals surface area (Å²) in [5.41, 5.74) is 0.765. The van der Waals surface area contributed by atoms with Crippen LogP contribution in [0, 0.1) is 0 Å². The van der Waals surface area contributed by atoms with E-state index in [-0.39, 0.29) is 5.69 Å². The Kier molecular flexibility index (Phi) is 3.22. The highest BCUT2D eigenvalue weighted by Crippen LogP contribution is 2.28. The molecule has 100 valence electrons. The van der Waals surface area contributed by atoms with Gasteiger partial charge in [0, 0.05) is 11.2 Å². The Hall–Kier alpha value is -2.24. The van der Waals surface area contributed by atoms with Gasteiger partial charge in [-0.2, -0.15) is 0 Å². The summed E-state index contributed by atoms with van der Waals surface area (Å²) in [5.74, 6) is -1.03. The van der Waals surface area contributed by atoms with Crippen molar-refractivity contribution in [1.29, 1.82) is 0 Å². The Balaban J connectivity index is 2.14. The number of hydrogen-bond donors (Lipinski definition) is 2. The van der Waals surface area contributed by atoms with Crippen molar-refractivity contribution in [2.24, 2.45) is 0 Å². The topological polar surface area (TPSA) is 76.2 Å². The molecule has 1 unspecified atom stereocenters. The second-order valence-electron chi connectivity index (χ2n) is 4.29. The van der Waals surface area contributed by atoms with Crippen molar-refractivity contribution < 1.29 is 14.5 Å². The number of nitrogens with one attached hydrogen (secondary N) is 1. The number of benzene rings is 2. The number of rotatable bonds is 3. The first kappa shape index (κ1) is 12.8. The van der Waals surface area contributed by atoms with Gasteiger partial charge in [0.15, 0.2) is 9.79 Å². The van der Waals surface area contributed by atoms with Crippen molar-refractivity contribution in [3.8, 4) is 0 Å². The lowest BCUT2D eigenvalue weighted by Gasteiger charge is -2.10. The molecule has 3 rings (SSSR count). The molecule has 1 atom stereocenters. The summed E-state index contributed by atoms with van der Waals surface area (Å²) in [6.45, 7) is 0. The van der Waals surface area contributed by atoms with Crippen LogP contribution >= 0.6 is 0 Å². The van der Waals surface area contributed by atoms with Gasteiger partial charge in [-0.25, -0.2) is 4.79 Å². The summed E-state index contributed by atoms with van der Waals surface area (Å²) in [6, 6.07) is 15.9. The van der Waals surface area contributed by atoms with Crippen LogP contribution in [-0.4, -0.2) is 20.6 Å². The Morgan fingerprint density at radius 2 is 1.85 bits per heavy atom. The van der Waals surface area contributed by atoms with Gasteiger partial charge in [0.2, 0.25) is 0 Å². The molecule has 0 saturated heterocycles. The zero-order valence-corrected chi connectivity index (χ0v) is 11.2. The first-order valence-corrected chi connectivity index (χ1v) is 7.13. The molecule has 0 aliphatic carbocycles. The minimum atomic E-state index is -1.33. The van der Waals surface area contributed by atoms with Gasteiger partial charge in [-0.3, -0.25) is 0 Å². The van der Waals surface area contributed by atoms with Crippen LogP contribution in [0.4, 0.5) is 0 Å². The molecule has 0 bridgehead atoms. The number of carboxylic acid groups (broad SMARTS) is 1. The smallest absolute Gasteiger partial charge is 0.352 e. The molecule has 5 heteroatoms. The second-order valence-corrected chi connectivity index (χ2v) is 5.74. The Bertz CT molecular complexity index is 767. The average molecular weight is 285 g/mol. The van der Waals surface area contributed by atoms with Crippen molar-refractivity contribution in [2.45, 2.75) is 9.79 Å². The van der Waals surface area contributed by atoms with Crippen LogP contribution in [0.15, 0.2) is 64.4 Å². The molecule has 0 fully saturated rings. The molecule has 0 aliphatic heterocycles. The lowest BCUT2D eigenvalue weighted by Crippen LogP contribution is -2.02. The summed E-state index contributed by atoms with van der Waals surface area (Å²) in [7, 11) is 0. The van der Waals surface area contributed by atoms with Crippen LogP contribution in [-0.2, 0) is 11.2 Å². The van der Waals surface area contributed by atoms with Gasteiger partial charge in [0.25, 0.3) is 0 Å². The number of fused-ring (bicyclic) bond motifs is 1. The van der Waals surface area contributed by atoms with Crippen molar-refractivity contribution >= 4 is 28.0 Å². The number of H-pyrrole nitrogens is 1. The van der Waals surface area contributed by atoms with Crippen molar-refractivity contribution in [2.75, 3.05) is 0 Å². The second kappa shape index (κ2) is 5.03. The first-order chi connectivity index (χ1) is 9.66. The Labute approximate surface area is 118 Å². The molecule has 1 aromatic heterocycles. The zero-order chi connectivity index (χ0) is 14.1. The van der Waals surface area contributed by atoms with Gasteiger partial charge < -0.3 is 14.6 Å². The van der Waals surface area contributed by atoms with Gasteiger partial charge in [-0.05, 0) is 30.3 Å². The Morgan fingerprint density at radius 1 is 1.10 bits per heavy atom. The average Bonchev–Trinajstić information content (AvgIpc) is 2.91. The number of aromatic amines is 1. The molecule has 0 radical (unpaired) electrons. The number of hydrogen-bond acceptors (Lipinski definition) is 2. The molecule has 1 heterocycles. The highest BCUT2D eigenvalue weighted by molar-refractivity contribution is 7.91. The van der Waals surface area contributed by atoms with E-state index >= 15 is 0 Å². The van der Waals surface area contributed by atoms with E-state index < -0.39 is 17.1 Å². The maximum Gasteiger partial charge on any atom is 0.352 e. The van der Waals surface area contributed by atoms with E-state index in [1.807, 2.05) is 18.2 Å². The van der Waals surface area contributed by atoms with E-state index in [0.29, 0.717) is 20.7 Å². The zero-order valence-electron chi connectivity index (χ0n) is 10.4. The quantitative estimate of drug-likeness (QED) is 0.726. The minimum Gasteiger partial charge on any atom is -0.606 e. The predicted octanol–water partition coefficient (Wildman–Crippen LogP) is 3.03. The SMILES string of the molecule is O=C(O)c1cc2c([S+]([O-])c3ccccc3)cccc2[nH]1. The lowest BCUT2D eigenvalue weighted by atomic mass is 10.2. The van der Waals surface area contributed by atoms with E-state index in [1.54, 1.807) is 30.3 Å². The van der Waals surface area contributed by atoms with Crippen LogP contribution in [0.5, 0.6) is 0 Å². The summed E-state index contributed by atoms with van der Waals surface area (Å²) < 4.78 is 12.6. The van der Waals surface area contributed by atoms with Gasteiger partial charge in [0.05, 0.1) is 10.9 Å². The highest BCUT2D eigenvalue weighted by Gasteiger charge is 2.20. The third-order valence-corrected chi connectivity index (χ3v) is 4.47. The van der Waals surface area contributed by atoms with Gasteiger partial charge in [-0.1, -0.05) is 24.3 Å². The number of aromatic carboxylic acids is 1. The normalized spacial score (nSPS) is 12.4. The largest absolute Gasteiger partial charge is 0.606 e. The molecule has 0 spiro atoms. The number of carbonyl (C=O) groups is 1. The van der Waals surface area contributed by atoms with Gasteiger partial charge in [0.1, 0.15) is 5.69 Å². The molecule has 0 amide bonds. The summed E-state index contributed by atoms with van der Waals surface area (Å²) in [4.78, 5) is 15.1. The number of aromatic nitrogens is 1. The van der Waals surface area contributed by atoms with Crippen LogP contribution in [0.25, 0.3) is 10.9 Å². The predicted molar refractivity (Wildman–Crippen MR) is 76.4 cm³/mol. The highest BCUT2D eigenvalue weighted by atomic mass is 32.2. The van der Waals surface area contributed by atoms with E-state index in [0.717, 1.165) is 0 Å². The standard InChI is InChI=1S/C15H11NO3S/c17-15(18)13-9-11-12(16-13)7-4-8-14(11)20(19)10-5-2-1-3-6-10/h1-9,16H,(H,17,18). The maximum absolute atomic E-state index is 12.6. The summed E-state index contributed by atoms with van der Waals surface area (Å²) >= 11 is -1.33. The van der Waals surface area contributed by atoms with Crippen molar-refractivity contribution in [3.63, 3.8) is 0 Å². The van der Waals surface area contributed by atoms with E-state index in [1.165, 1.54) is 6.07 Å². The third-order valence-electron chi connectivity index (χ3n) is 3.01. The third kappa shape index (κ3) is 2.17. The van der Waals surface area contributed by atoms with E-state index in [4.69, 9.17) is 5.11 Å². The molecule has 3 aromatic rings. The lowest BCUT2D eigenvalue weighted by molar-refractivity contribution is 0.0691. The monoisotopic (exact) mass is 285 g/mol. The van der Waals surface area contributed by atoms with E-state index in [2.05, 4.69) is 4.98 Å². The minimum absolute atomic E-state index is 0.0949.